The van der Waals surface area contributed by atoms with E-state index in [4.69, 9.17) is 4.74 Å². The maximum Gasteiger partial charge on any atom is 0.410 e. The lowest BCUT2D eigenvalue weighted by Gasteiger charge is -2.34. The minimum Gasteiger partial charge on any atom is -0.444 e. The van der Waals surface area contributed by atoms with E-state index in [1.807, 2.05) is 25.7 Å². The molecule has 0 aromatic rings. The van der Waals surface area contributed by atoms with Crippen molar-refractivity contribution in [3.05, 3.63) is 0 Å². The average molecular weight is 650 g/mol. The van der Waals surface area contributed by atoms with E-state index < -0.39 is 5.60 Å². The molecular weight excluding hydrogens is 566 g/mol. The smallest absolute Gasteiger partial charge is 0.410 e. The van der Waals surface area contributed by atoms with Gasteiger partial charge in [0.15, 0.2) is 0 Å². The lowest BCUT2D eigenvalue weighted by molar-refractivity contribution is 0.0177. The van der Waals surface area contributed by atoms with Gasteiger partial charge in [-0.25, -0.2) is 4.79 Å². The molecule has 1 fully saturated rings. The van der Waals surface area contributed by atoms with Gasteiger partial charge < -0.3 is 19.4 Å². The molecule has 1 rings (SSSR count). The number of hydrogen-bond donors (Lipinski definition) is 0. The fourth-order valence-electron chi connectivity index (χ4n) is 6.93. The van der Waals surface area contributed by atoms with Gasteiger partial charge in [-0.15, -0.1) is 0 Å². The standard InChI is InChI=1S/C41H83N3O2/c1-7-10-13-16-19-22-25-31-42(32-26-23-20-17-14-11-8-2)37-38-43(33-27-24-21-18-15-12-9-3)34-28-39-29-35-44(36-30-39)40(45)46-41(4,5)6/h39H,7-38H2,1-6H3. The van der Waals surface area contributed by atoms with Crippen molar-refractivity contribution in [1.82, 2.24) is 14.7 Å². The minimum absolute atomic E-state index is 0.131. The average Bonchev–Trinajstić information content (AvgIpc) is 3.03. The summed E-state index contributed by atoms with van der Waals surface area (Å²) in [4.78, 5) is 20.1. The number of ether oxygens (including phenoxy) is 1. The highest BCUT2D eigenvalue weighted by atomic mass is 16.6. The number of likely N-dealkylation sites (tertiary alicyclic amines) is 1. The Labute approximate surface area is 289 Å². The van der Waals surface area contributed by atoms with E-state index in [0.29, 0.717) is 0 Å². The molecule has 0 aliphatic carbocycles. The van der Waals surface area contributed by atoms with Crippen molar-refractivity contribution in [2.24, 2.45) is 5.92 Å². The molecule has 0 bridgehead atoms. The van der Waals surface area contributed by atoms with Crippen LogP contribution in [0.4, 0.5) is 4.79 Å². The van der Waals surface area contributed by atoms with Gasteiger partial charge in [-0.1, -0.05) is 136 Å². The van der Waals surface area contributed by atoms with Gasteiger partial charge in [0.25, 0.3) is 0 Å². The molecule has 1 amide bonds. The number of hydrogen-bond acceptors (Lipinski definition) is 4. The summed E-state index contributed by atoms with van der Waals surface area (Å²) in [5.41, 5.74) is -0.415. The van der Waals surface area contributed by atoms with E-state index in [1.165, 1.54) is 181 Å². The van der Waals surface area contributed by atoms with Crippen LogP contribution in [0.5, 0.6) is 0 Å². The third-order valence-electron chi connectivity index (χ3n) is 10.1. The number of unbranched alkanes of at least 4 members (excludes halogenated alkanes) is 18. The molecule has 5 heteroatoms. The maximum atomic E-state index is 12.6. The fourth-order valence-corrected chi connectivity index (χ4v) is 6.93. The Morgan fingerprint density at radius 2 is 0.891 bits per heavy atom. The van der Waals surface area contributed by atoms with Gasteiger partial charge in [0.05, 0.1) is 0 Å². The highest BCUT2D eigenvalue weighted by molar-refractivity contribution is 5.68. The SMILES string of the molecule is CCCCCCCCCN(CCCCCCCCC)CCN(CCCCCCCCC)CCC1CCN(C(=O)OC(C)(C)C)CC1. The number of rotatable bonds is 30. The van der Waals surface area contributed by atoms with Gasteiger partial charge in [-0.05, 0) is 91.4 Å². The number of carbonyl (C=O) groups excluding carboxylic acids is 1. The summed E-state index contributed by atoms with van der Waals surface area (Å²) in [6.45, 7) is 22.0. The van der Waals surface area contributed by atoms with Crippen LogP contribution in [0.3, 0.4) is 0 Å². The van der Waals surface area contributed by atoms with Crippen molar-refractivity contribution in [3.8, 4) is 0 Å². The topological polar surface area (TPSA) is 36.0 Å². The molecule has 5 nitrogen and oxygen atoms in total. The number of carbonyl (C=O) groups is 1. The van der Waals surface area contributed by atoms with Gasteiger partial charge in [-0.3, -0.25) is 0 Å². The highest BCUT2D eigenvalue weighted by Gasteiger charge is 2.27. The van der Waals surface area contributed by atoms with E-state index in [2.05, 4.69) is 30.6 Å². The Bertz CT molecular complexity index is 653. The van der Waals surface area contributed by atoms with Crippen molar-refractivity contribution in [2.45, 2.75) is 201 Å². The summed E-state index contributed by atoms with van der Waals surface area (Å²) in [6.07, 6.45) is 32.6. The Morgan fingerprint density at radius 1 is 0.543 bits per heavy atom. The van der Waals surface area contributed by atoms with Crippen LogP contribution in [0.15, 0.2) is 0 Å². The van der Waals surface area contributed by atoms with Gasteiger partial charge in [-0.2, -0.15) is 0 Å². The second kappa shape index (κ2) is 29.1. The van der Waals surface area contributed by atoms with Crippen LogP contribution in [-0.2, 0) is 4.74 Å². The zero-order chi connectivity index (χ0) is 33.7. The molecule has 0 radical (unpaired) electrons. The lowest BCUT2D eigenvalue weighted by atomic mass is 9.93. The fraction of sp³-hybridized carbons (Fsp3) is 0.976. The van der Waals surface area contributed by atoms with Crippen LogP contribution in [0, 0.1) is 5.92 Å². The lowest BCUT2D eigenvalue weighted by Crippen LogP contribution is -2.42. The van der Waals surface area contributed by atoms with Crippen LogP contribution < -0.4 is 0 Å². The molecular formula is C41H83N3O2. The first-order chi connectivity index (χ1) is 22.3. The summed E-state index contributed by atoms with van der Waals surface area (Å²) in [7, 11) is 0. The first kappa shape index (κ1) is 43.2. The first-order valence-electron chi connectivity index (χ1n) is 20.7. The maximum absolute atomic E-state index is 12.6. The molecule has 0 saturated carbocycles. The largest absolute Gasteiger partial charge is 0.444 e. The molecule has 1 heterocycles. The van der Waals surface area contributed by atoms with Crippen LogP contribution in [0.2, 0.25) is 0 Å². The Hall–Kier alpha value is -0.810. The third-order valence-corrected chi connectivity index (χ3v) is 10.1. The van der Waals surface area contributed by atoms with Gasteiger partial charge >= 0.3 is 6.09 Å². The number of piperidine rings is 1. The van der Waals surface area contributed by atoms with Crippen molar-refractivity contribution >= 4 is 6.09 Å². The second-order valence-electron chi connectivity index (χ2n) is 15.7. The quantitative estimate of drug-likeness (QED) is 0.0725. The molecule has 1 saturated heterocycles. The normalized spacial score (nSPS) is 14.6. The first-order valence-corrected chi connectivity index (χ1v) is 20.7. The number of nitrogens with zero attached hydrogens (tertiary/aromatic N) is 3. The zero-order valence-corrected chi connectivity index (χ0v) is 32.4. The molecule has 0 aromatic heterocycles. The van der Waals surface area contributed by atoms with E-state index in [1.54, 1.807) is 0 Å². The summed E-state index contributed by atoms with van der Waals surface area (Å²) in [5, 5.41) is 0. The molecule has 0 unspecified atom stereocenters. The Morgan fingerprint density at radius 3 is 1.26 bits per heavy atom. The predicted octanol–water partition coefficient (Wildman–Crippen LogP) is 11.9. The zero-order valence-electron chi connectivity index (χ0n) is 32.4. The third kappa shape index (κ3) is 25.2. The Balaban J connectivity index is 2.60. The van der Waals surface area contributed by atoms with Crippen LogP contribution in [0.1, 0.15) is 196 Å². The Kier molecular flexibility index (Phi) is 27.4. The van der Waals surface area contributed by atoms with Crippen molar-refractivity contribution in [3.63, 3.8) is 0 Å². The molecule has 274 valence electrons. The number of amides is 1. The summed E-state index contributed by atoms with van der Waals surface area (Å²) in [5.74, 6) is 0.728. The molecule has 0 atom stereocenters. The molecule has 0 N–H and O–H groups in total. The van der Waals surface area contributed by atoms with E-state index in [-0.39, 0.29) is 6.09 Å². The van der Waals surface area contributed by atoms with Gasteiger partial charge in [0.1, 0.15) is 5.60 Å². The van der Waals surface area contributed by atoms with Gasteiger partial charge in [0, 0.05) is 26.2 Å². The summed E-state index contributed by atoms with van der Waals surface area (Å²) < 4.78 is 5.64. The summed E-state index contributed by atoms with van der Waals surface area (Å²) in [6, 6.07) is 0. The molecule has 46 heavy (non-hydrogen) atoms. The van der Waals surface area contributed by atoms with Crippen molar-refractivity contribution < 1.29 is 9.53 Å². The second-order valence-corrected chi connectivity index (χ2v) is 15.7. The molecule has 0 spiro atoms. The van der Waals surface area contributed by atoms with Crippen molar-refractivity contribution in [2.75, 3.05) is 52.4 Å². The van der Waals surface area contributed by atoms with Crippen molar-refractivity contribution in [1.29, 1.82) is 0 Å². The summed E-state index contributed by atoms with van der Waals surface area (Å²) >= 11 is 0. The molecule has 1 aliphatic heterocycles. The van der Waals surface area contributed by atoms with Crippen LogP contribution in [-0.4, -0.2) is 78.8 Å². The molecule has 1 aliphatic rings. The predicted molar refractivity (Wildman–Crippen MR) is 202 cm³/mol. The highest BCUT2D eigenvalue weighted by Crippen LogP contribution is 2.23. The minimum atomic E-state index is -0.415. The van der Waals surface area contributed by atoms with E-state index in [9.17, 15) is 4.79 Å². The van der Waals surface area contributed by atoms with E-state index in [0.717, 1.165) is 31.8 Å². The molecule has 0 aromatic carbocycles. The van der Waals surface area contributed by atoms with Gasteiger partial charge in [0.2, 0.25) is 0 Å². The van der Waals surface area contributed by atoms with Crippen LogP contribution >= 0.6 is 0 Å². The van der Waals surface area contributed by atoms with E-state index >= 15 is 0 Å². The monoisotopic (exact) mass is 650 g/mol. The van der Waals surface area contributed by atoms with Crippen LogP contribution in [0.25, 0.3) is 0 Å².